The van der Waals surface area contributed by atoms with Crippen molar-refractivity contribution in [2.75, 3.05) is 0 Å². The Labute approximate surface area is 268 Å². The van der Waals surface area contributed by atoms with Crippen molar-refractivity contribution < 1.29 is 0 Å². The van der Waals surface area contributed by atoms with Crippen LogP contribution in [0.4, 0.5) is 0 Å². The molecule has 0 heterocycles. The van der Waals surface area contributed by atoms with Crippen LogP contribution in [-0.4, -0.2) is 24.4 Å². The Bertz CT molecular complexity index is 1190. The second-order valence-electron chi connectivity index (χ2n) is 17.9. The highest BCUT2D eigenvalue weighted by molar-refractivity contribution is 6.76. The first-order valence-corrected chi connectivity index (χ1v) is 21.6. The quantitative estimate of drug-likeness (QED) is 0.254. The largest absolute Gasteiger partial charge is 0.316 e. The molecule has 43 heavy (non-hydrogen) atoms. The normalized spacial score (nSPS) is 27.5. The van der Waals surface area contributed by atoms with Crippen LogP contribution in [-0.2, 0) is 10.8 Å². The summed E-state index contributed by atoms with van der Waals surface area (Å²) in [6, 6.07) is 8.44. The van der Waals surface area contributed by atoms with E-state index < -0.39 is 8.24 Å². The fraction of sp³-hybridized carbons (Fsp3) is 0.756. The molecule has 5 rings (SSSR count). The van der Waals surface area contributed by atoms with Crippen molar-refractivity contribution in [3.63, 3.8) is 0 Å². The maximum atomic E-state index is 3.17. The lowest BCUT2D eigenvalue weighted by Crippen LogP contribution is -2.65. The highest BCUT2D eigenvalue weighted by Gasteiger charge is 2.56. The van der Waals surface area contributed by atoms with Gasteiger partial charge in [0.2, 0.25) is 0 Å². The van der Waals surface area contributed by atoms with Gasteiger partial charge < -0.3 is 4.57 Å². The second-order valence-corrected chi connectivity index (χ2v) is 22.4. The van der Waals surface area contributed by atoms with Crippen LogP contribution in [0.25, 0.3) is 5.57 Å². The van der Waals surface area contributed by atoms with Crippen LogP contribution >= 0.6 is 0 Å². The van der Waals surface area contributed by atoms with Crippen LogP contribution in [0.15, 0.2) is 35.9 Å². The Morgan fingerprint density at radius 1 is 0.884 bits per heavy atom. The lowest BCUT2D eigenvalue weighted by Gasteiger charge is -2.56. The lowest BCUT2D eigenvalue weighted by atomic mass is 9.68. The van der Waals surface area contributed by atoms with E-state index in [4.69, 9.17) is 0 Å². The smallest absolute Gasteiger partial charge is 0.127 e. The van der Waals surface area contributed by atoms with E-state index in [0.717, 1.165) is 17.5 Å². The van der Waals surface area contributed by atoms with E-state index in [2.05, 4.69) is 110 Å². The molecule has 0 aromatic heterocycles. The van der Waals surface area contributed by atoms with Gasteiger partial charge in [0.15, 0.2) is 0 Å². The molecule has 0 N–H and O–H groups in total. The first kappa shape index (κ1) is 33.2. The van der Waals surface area contributed by atoms with Crippen molar-refractivity contribution >= 4 is 13.8 Å². The molecule has 0 spiro atoms. The van der Waals surface area contributed by atoms with Crippen molar-refractivity contribution in [2.45, 2.75) is 180 Å². The van der Waals surface area contributed by atoms with Gasteiger partial charge in [0.25, 0.3) is 0 Å². The van der Waals surface area contributed by atoms with Crippen LogP contribution in [0.5, 0.6) is 0 Å². The fourth-order valence-electron chi connectivity index (χ4n) is 11.0. The molecule has 1 aromatic carbocycles. The summed E-state index contributed by atoms with van der Waals surface area (Å²) in [6.07, 6.45) is 22.1. The minimum Gasteiger partial charge on any atom is -0.316 e. The molecule has 4 aliphatic carbocycles. The van der Waals surface area contributed by atoms with Gasteiger partial charge in [-0.1, -0.05) is 130 Å². The predicted molar refractivity (Wildman–Crippen MR) is 192 cm³/mol. The number of benzene rings is 1. The highest BCUT2D eigenvalue weighted by atomic mass is 28.3. The first-order chi connectivity index (χ1) is 20.2. The summed E-state index contributed by atoms with van der Waals surface area (Å²) in [4.78, 5) is 0. The average molecular weight is 602 g/mol. The molecule has 2 heteroatoms. The van der Waals surface area contributed by atoms with Crippen LogP contribution in [0.2, 0.25) is 18.6 Å². The molecule has 4 unspecified atom stereocenters. The van der Waals surface area contributed by atoms with Crippen LogP contribution < -0.4 is 0 Å². The summed E-state index contributed by atoms with van der Waals surface area (Å²) in [5.41, 5.74) is 9.57. The number of fused-ring (bicyclic) bond motifs is 4. The maximum Gasteiger partial charge on any atom is 0.127 e. The van der Waals surface area contributed by atoms with Gasteiger partial charge in [0.1, 0.15) is 8.24 Å². The van der Waals surface area contributed by atoms with Crippen molar-refractivity contribution in [1.82, 2.24) is 4.57 Å². The Hall–Kier alpha value is -1.12. The van der Waals surface area contributed by atoms with Gasteiger partial charge in [-0.05, 0) is 109 Å². The second kappa shape index (κ2) is 12.2. The average Bonchev–Trinajstić information content (AvgIpc) is 3.39. The molecule has 4 aliphatic rings. The molecule has 0 bridgehead atoms. The van der Waals surface area contributed by atoms with Gasteiger partial charge >= 0.3 is 0 Å². The van der Waals surface area contributed by atoms with Gasteiger partial charge in [-0.25, -0.2) is 0 Å². The molecule has 0 radical (unpaired) electrons. The summed E-state index contributed by atoms with van der Waals surface area (Å²) < 4.78 is 3.17. The van der Waals surface area contributed by atoms with Crippen LogP contribution in [0, 0.1) is 17.8 Å². The molecule has 0 aliphatic heterocycles. The number of nitrogens with zero attached hydrogens (tertiary/aromatic N) is 1. The third-order valence-electron chi connectivity index (χ3n) is 12.4. The Morgan fingerprint density at radius 3 is 2.07 bits per heavy atom. The summed E-state index contributed by atoms with van der Waals surface area (Å²) in [6.45, 7) is 27.8. The van der Waals surface area contributed by atoms with E-state index in [1.54, 1.807) is 22.3 Å². The number of rotatable bonds is 9. The van der Waals surface area contributed by atoms with Gasteiger partial charge in [-0.15, -0.1) is 0 Å². The van der Waals surface area contributed by atoms with E-state index >= 15 is 0 Å². The first-order valence-electron chi connectivity index (χ1n) is 18.6. The molecule has 0 amide bonds. The molecular weight excluding hydrogens is 535 g/mol. The highest BCUT2D eigenvalue weighted by Crippen LogP contribution is 2.63. The molecule has 240 valence electrons. The number of hydrogen-bond acceptors (Lipinski definition) is 1. The number of unbranched alkanes of at least 4 members (excludes halogenated alkanes) is 2. The minimum atomic E-state index is -1.79. The number of allylic oxidation sites excluding steroid dienone is 4. The van der Waals surface area contributed by atoms with E-state index in [9.17, 15) is 0 Å². The van der Waals surface area contributed by atoms with Gasteiger partial charge in [-0.2, -0.15) is 0 Å². The zero-order valence-electron chi connectivity index (χ0n) is 30.2. The Kier molecular flexibility index (Phi) is 9.46. The maximum absolute atomic E-state index is 3.17. The molecule has 2 saturated carbocycles. The molecule has 1 nitrogen and oxygen atoms in total. The summed E-state index contributed by atoms with van der Waals surface area (Å²) in [7, 11) is -1.79. The zero-order valence-corrected chi connectivity index (χ0v) is 31.2. The van der Waals surface area contributed by atoms with Crippen LogP contribution in [0.1, 0.15) is 156 Å². The summed E-state index contributed by atoms with van der Waals surface area (Å²) >= 11 is 0. The van der Waals surface area contributed by atoms with Gasteiger partial charge in [-0.3, -0.25) is 0 Å². The summed E-state index contributed by atoms with van der Waals surface area (Å²) in [5, 5.41) is 0. The van der Waals surface area contributed by atoms with E-state index in [1.807, 2.05) is 0 Å². The molecule has 4 atom stereocenters. The Balaban J connectivity index is 1.64. The van der Waals surface area contributed by atoms with Crippen molar-refractivity contribution in [2.24, 2.45) is 17.8 Å². The van der Waals surface area contributed by atoms with Gasteiger partial charge in [0.05, 0.1) is 0 Å². The third kappa shape index (κ3) is 5.95. The SMILES string of the molecule is CCCCC1(CCCC)C2=CC3C(C=C2c2ccc(C(C)(C)C)cc21)CC(C)C3[Si](C)(C)N(C1CCCCC1)C(C)(C)C. The zero-order chi connectivity index (χ0) is 31.4. The van der Waals surface area contributed by atoms with Crippen molar-refractivity contribution in [3.8, 4) is 0 Å². The van der Waals surface area contributed by atoms with E-state index in [-0.39, 0.29) is 16.4 Å². The number of hydrogen-bond donors (Lipinski definition) is 0. The molecule has 2 fully saturated rings. The summed E-state index contributed by atoms with van der Waals surface area (Å²) in [5.74, 6) is 2.19. The minimum absolute atomic E-state index is 0.176. The predicted octanol–water partition coefficient (Wildman–Crippen LogP) is 12.2. The lowest BCUT2D eigenvalue weighted by molar-refractivity contribution is 0.139. The van der Waals surface area contributed by atoms with Crippen molar-refractivity contribution in [3.05, 3.63) is 52.6 Å². The third-order valence-corrected chi connectivity index (χ3v) is 17.3. The standard InChI is InChI=1S/C41H67NSi/c1-12-14-23-41(24-15-13-2)36-27-31(39(4,5)6)21-22-33(36)35-26-30-25-29(3)38(34(30)28-37(35)41)43(10,11)42(40(7,8)9)32-19-17-16-18-20-32/h21-22,26-30,32,34,38H,12-20,23-25H2,1-11H3. The molecule has 0 saturated heterocycles. The Morgan fingerprint density at radius 2 is 1.51 bits per heavy atom. The molecule has 1 aromatic rings. The van der Waals surface area contributed by atoms with E-state index in [0.29, 0.717) is 11.8 Å². The van der Waals surface area contributed by atoms with E-state index in [1.165, 1.54) is 82.6 Å². The molecular formula is C41H67NSi. The monoisotopic (exact) mass is 602 g/mol. The van der Waals surface area contributed by atoms with Crippen LogP contribution in [0.3, 0.4) is 0 Å². The fourth-order valence-corrected chi connectivity index (χ4v) is 17.0. The van der Waals surface area contributed by atoms with Gasteiger partial charge in [0, 0.05) is 17.0 Å². The topological polar surface area (TPSA) is 3.24 Å². The van der Waals surface area contributed by atoms with Crippen molar-refractivity contribution in [1.29, 1.82) is 0 Å².